The van der Waals surface area contributed by atoms with E-state index in [1.54, 1.807) is 0 Å². The predicted octanol–water partition coefficient (Wildman–Crippen LogP) is 3.23. The van der Waals surface area contributed by atoms with Crippen molar-refractivity contribution in [2.45, 2.75) is 52.7 Å². The third-order valence-electron chi connectivity index (χ3n) is 4.11. The Bertz CT molecular complexity index is 735. The summed E-state index contributed by atoms with van der Waals surface area (Å²) in [4.78, 5) is 26.0. The minimum absolute atomic E-state index is 0. The Morgan fingerprint density at radius 1 is 1.13 bits per heavy atom. The van der Waals surface area contributed by atoms with Crippen LogP contribution >= 0.6 is 10.7 Å². The van der Waals surface area contributed by atoms with E-state index in [-0.39, 0.29) is 52.1 Å². The van der Waals surface area contributed by atoms with Crippen molar-refractivity contribution in [1.29, 1.82) is 0 Å². The molecule has 7 nitrogen and oxygen atoms in total. The standard InChI is InChI=1S/C16H23N2O.C2H3ClNO3S.C2H6.CH3.Y/c1-4-16(19)18-11-13(2)17(10-14(18)3)12-15-8-6-5-7-9-15;1-2(5)4-8(3,6)7;1-2;;/h5-9,13-14H,1,4,10-12H2,2-3H3;1H2,(H,4,5);1-2H3;1H3;/q2*-1;;-1;+3. The molecular formula is C21H35ClN3O4SY. The first-order valence-electron chi connectivity index (χ1n) is 9.48. The molecule has 1 saturated heterocycles. The summed E-state index contributed by atoms with van der Waals surface area (Å²) in [6.07, 6.45) is 0.357. The molecule has 1 N–H and O–H groups in total. The Kier molecular flexibility index (Phi) is 20.1. The van der Waals surface area contributed by atoms with E-state index in [1.807, 2.05) is 24.8 Å². The first kappa shape index (κ1) is 34.9. The van der Waals surface area contributed by atoms with Crippen LogP contribution in [0.2, 0.25) is 0 Å². The zero-order valence-corrected chi connectivity index (χ0v) is 23.6. The van der Waals surface area contributed by atoms with E-state index in [9.17, 15) is 18.0 Å². The minimum atomic E-state index is -3.91. The summed E-state index contributed by atoms with van der Waals surface area (Å²) in [6.45, 7) is 17.4. The number of amides is 2. The largest absolute Gasteiger partial charge is 3.00 e. The van der Waals surface area contributed by atoms with Crippen LogP contribution in [0.25, 0.3) is 0 Å². The molecule has 0 aromatic heterocycles. The molecule has 0 aliphatic carbocycles. The Balaban J connectivity index is -0.000000562. The van der Waals surface area contributed by atoms with E-state index in [0.29, 0.717) is 12.5 Å². The molecule has 0 saturated carbocycles. The van der Waals surface area contributed by atoms with Crippen LogP contribution in [-0.2, 0) is 58.1 Å². The van der Waals surface area contributed by atoms with Gasteiger partial charge in [-0.05, 0) is 19.4 Å². The number of benzene rings is 1. The zero-order valence-electron chi connectivity index (χ0n) is 19.2. The molecule has 0 radical (unpaired) electrons. The van der Waals surface area contributed by atoms with Crippen LogP contribution in [0, 0.1) is 21.3 Å². The Hall–Kier alpha value is -0.666. The molecule has 10 heteroatoms. The molecule has 31 heavy (non-hydrogen) atoms. The molecule has 1 aliphatic rings. The molecule has 1 heterocycles. The molecule has 1 fully saturated rings. The van der Waals surface area contributed by atoms with Gasteiger partial charge in [0.1, 0.15) is 0 Å². The van der Waals surface area contributed by atoms with Crippen molar-refractivity contribution in [3.8, 4) is 0 Å². The molecule has 174 valence electrons. The summed E-state index contributed by atoms with van der Waals surface area (Å²) in [5.74, 6) is -0.779. The van der Waals surface area contributed by atoms with E-state index in [4.69, 9.17) is 0 Å². The summed E-state index contributed by atoms with van der Waals surface area (Å²) in [5.41, 5.74) is 1.33. The number of halogens is 1. The van der Waals surface area contributed by atoms with Gasteiger partial charge in [-0.1, -0.05) is 44.2 Å². The van der Waals surface area contributed by atoms with Gasteiger partial charge in [-0.3, -0.25) is 14.4 Å². The summed E-state index contributed by atoms with van der Waals surface area (Å²) in [7, 11) is 0.615. The summed E-state index contributed by atoms with van der Waals surface area (Å²) >= 11 is 0. The fraction of sp³-hybridized carbons (Fsp3) is 0.476. The van der Waals surface area contributed by atoms with Crippen molar-refractivity contribution in [2.75, 3.05) is 13.1 Å². The molecule has 1 aromatic rings. The second-order valence-corrected chi connectivity index (χ2v) is 8.67. The zero-order chi connectivity index (χ0) is 22.6. The van der Waals surface area contributed by atoms with Gasteiger partial charge in [-0.25, -0.2) is 0 Å². The maximum atomic E-state index is 11.8. The van der Waals surface area contributed by atoms with Gasteiger partial charge in [-0.2, -0.15) is 8.42 Å². The van der Waals surface area contributed by atoms with E-state index in [0.717, 1.165) is 19.6 Å². The van der Waals surface area contributed by atoms with Crippen molar-refractivity contribution in [3.63, 3.8) is 0 Å². The van der Waals surface area contributed by atoms with Crippen LogP contribution < -0.4 is 4.72 Å². The van der Waals surface area contributed by atoms with Crippen molar-refractivity contribution < 1.29 is 50.7 Å². The van der Waals surface area contributed by atoms with Crippen molar-refractivity contribution >= 4 is 31.7 Å². The SMILES string of the molecule is CC.[CH2-]C(=O)NS(=O)(=O)Cl.[CH2-]CC(=O)N1CC(C)N(Cc2ccccc2)CC1C.[CH3-].[Y+3]. The summed E-state index contributed by atoms with van der Waals surface area (Å²) < 4.78 is 21.0. The van der Waals surface area contributed by atoms with Gasteiger partial charge in [0, 0.05) is 42.4 Å². The van der Waals surface area contributed by atoms with E-state index < -0.39 is 15.1 Å². The monoisotopic (exact) mass is 549 g/mol. The summed E-state index contributed by atoms with van der Waals surface area (Å²) in [5, 5.41) is 0. The number of piperazine rings is 1. The molecule has 1 aliphatic heterocycles. The van der Waals surface area contributed by atoms with Gasteiger partial charge in [0.25, 0.3) is 0 Å². The predicted molar refractivity (Wildman–Crippen MR) is 123 cm³/mol. The maximum Gasteiger partial charge on any atom is 3.00 e. The third-order valence-corrected chi connectivity index (χ3v) is 4.82. The molecular weight excluding hydrogens is 515 g/mol. The van der Waals surface area contributed by atoms with Crippen LogP contribution in [0.4, 0.5) is 0 Å². The van der Waals surface area contributed by atoms with Gasteiger partial charge in [0.2, 0.25) is 0 Å². The number of carbonyl (C=O) groups excluding carboxylic acids is 2. The Morgan fingerprint density at radius 2 is 1.65 bits per heavy atom. The topological polar surface area (TPSA) is 86.8 Å². The first-order valence-corrected chi connectivity index (χ1v) is 11.8. The molecule has 0 spiro atoms. The second-order valence-electron chi connectivity index (χ2n) is 6.37. The van der Waals surface area contributed by atoms with Crippen LogP contribution in [0.5, 0.6) is 0 Å². The quantitative estimate of drug-likeness (QED) is 0.460. The fourth-order valence-electron chi connectivity index (χ4n) is 2.86. The number of rotatable bonds is 4. The van der Waals surface area contributed by atoms with E-state index in [1.165, 1.54) is 10.3 Å². The van der Waals surface area contributed by atoms with Crippen LogP contribution in [0.15, 0.2) is 30.3 Å². The number of hydrogen-bond donors (Lipinski definition) is 1. The fourth-order valence-corrected chi connectivity index (χ4v) is 3.39. The molecule has 2 amide bonds. The van der Waals surface area contributed by atoms with Crippen LogP contribution in [-0.4, -0.2) is 55.2 Å². The number of hydrogen-bond acceptors (Lipinski definition) is 5. The third kappa shape index (κ3) is 14.9. The van der Waals surface area contributed by atoms with Gasteiger partial charge in [0.05, 0.1) is 5.91 Å². The minimum Gasteiger partial charge on any atom is -0.358 e. The average Bonchev–Trinajstić information content (AvgIpc) is 2.65. The van der Waals surface area contributed by atoms with E-state index >= 15 is 0 Å². The van der Waals surface area contributed by atoms with Gasteiger partial charge < -0.3 is 31.0 Å². The Morgan fingerprint density at radius 3 is 2.03 bits per heavy atom. The van der Waals surface area contributed by atoms with E-state index in [2.05, 4.69) is 67.5 Å². The number of carbonyl (C=O) groups is 2. The number of nitrogens with zero attached hydrogens (tertiary/aromatic N) is 2. The van der Waals surface area contributed by atoms with Crippen LogP contribution in [0.1, 0.15) is 39.7 Å². The van der Waals surface area contributed by atoms with Gasteiger partial charge in [0.15, 0.2) is 5.91 Å². The van der Waals surface area contributed by atoms with Gasteiger partial charge in [-0.15, -0.1) is 6.42 Å². The summed E-state index contributed by atoms with van der Waals surface area (Å²) in [6, 6.07) is 11.2. The molecule has 2 atom stereocenters. The van der Waals surface area contributed by atoms with Crippen molar-refractivity contribution in [1.82, 2.24) is 14.5 Å². The van der Waals surface area contributed by atoms with Gasteiger partial charge >= 0.3 is 41.9 Å². The molecule has 0 bridgehead atoms. The van der Waals surface area contributed by atoms with Crippen LogP contribution in [0.3, 0.4) is 0 Å². The second kappa shape index (κ2) is 17.8. The average molecular weight is 550 g/mol. The number of nitrogens with one attached hydrogen (secondary N) is 1. The molecule has 2 unspecified atom stereocenters. The van der Waals surface area contributed by atoms with Crippen molar-refractivity contribution in [3.05, 3.63) is 57.2 Å². The maximum absolute atomic E-state index is 11.8. The smallest absolute Gasteiger partial charge is 0.358 e. The van der Waals surface area contributed by atoms with Crippen molar-refractivity contribution in [2.24, 2.45) is 0 Å². The Labute approximate surface area is 218 Å². The molecule has 2 rings (SSSR count). The first-order chi connectivity index (χ1) is 13.5. The molecule has 1 aromatic carbocycles. The normalized spacial score (nSPS) is 17.9.